The van der Waals surface area contributed by atoms with Crippen LogP contribution in [0.25, 0.3) is 0 Å². The van der Waals surface area contributed by atoms with Crippen molar-refractivity contribution in [3.63, 3.8) is 0 Å². The second kappa shape index (κ2) is 8.25. The lowest BCUT2D eigenvalue weighted by molar-refractivity contribution is -0.110. The zero-order valence-corrected chi connectivity index (χ0v) is 10.7. The fraction of sp³-hybridized carbons (Fsp3) is 0.375. The minimum absolute atomic E-state index is 0.405. The van der Waals surface area contributed by atoms with Crippen LogP contribution in [0.3, 0.4) is 0 Å². The lowest BCUT2D eigenvalue weighted by Gasteiger charge is -1.94. The Morgan fingerprint density at radius 2 is 1.78 bits per heavy atom. The van der Waals surface area contributed by atoms with Crippen LogP contribution in [0.15, 0.2) is 30.3 Å². The van der Waals surface area contributed by atoms with Crippen LogP contribution in [0.1, 0.15) is 49.4 Å². The molecule has 0 unspecified atom stereocenters. The Morgan fingerprint density at radius 1 is 1.06 bits per heavy atom. The van der Waals surface area contributed by atoms with E-state index in [0.717, 1.165) is 12.8 Å². The number of hydrogen-bond acceptors (Lipinski definition) is 2. The Labute approximate surface area is 108 Å². The molecule has 0 aliphatic carbocycles. The number of ketones is 2. The fourth-order valence-electron chi connectivity index (χ4n) is 1.56. The number of unbranched alkanes of at least 4 members (excludes halogenated alkanes) is 4. The molecule has 1 aromatic carbocycles. The van der Waals surface area contributed by atoms with Crippen LogP contribution in [0.2, 0.25) is 0 Å². The smallest absolute Gasteiger partial charge is 0.276 e. The minimum Gasteiger partial charge on any atom is -0.284 e. The molecule has 1 aromatic rings. The fourth-order valence-corrected chi connectivity index (χ4v) is 1.56. The summed E-state index contributed by atoms with van der Waals surface area (Å²) in [7, 11) is 0. The van der Waals surface area contributed by atoms with Crippen molar-refractivity contribution in [3.8, 4) is 11.8 Å². The predicted molar refractivity (Wildman–Crippen MR) is 72.3 cm³/mol. The highest BCUT2D eigenvalue weighted by Gasteiger charge is 2.12. The van der Waals surface area contributed by atoms with Crippen LogP contribution in [0, 0.1) is 11.8 Å². The SMILES string of the molecule is CCCCCCC#CC(=O)C(=O)c1ccccc1. The molecule has 0 amide bonds. The summed E-state index contributed by atoms with van der Waals surface area (Å²) in [5.41, 5.74) is 0.405. The summed E-state index contributed by atoms with van der Waals surface area (Å²) in [5.74, 6) is 4.06. The zero-order chi connectivity index (χ0) is 13.2. The van der Waals surface area contributed by atoms with E-state index in [1.54, 1.807) is 30.3 Å². The Bertz CT molecular complexity index is 449. The van der Waals surface area contributed by atoms with E-state index in [4.69, 9.17) is 0 Å². The first-order chi connectivity index (χ1) is 8.75. The molecule has 94 valence electrons. The van der Waals surface area contributed by atoms with Crippen LogP contribution in [0.4, 0.5) is 0 Å². The molecule has 2 heteroatoms. The lowest BCUT2D eigenvalue weighted by atomic mass is 10.1. The van der Waals surface area contributed by atoms with Gasteiger partial charge in [-0.2, -0.15) is 0 Å². The number of carbonyl (C=O) groups excluding carboxylic acids is 2. The van der Waals surface area contributed by atoms with Crippen molar-refractivity contribution in [3.05, 3.63) is 35.9 Å². The van der Waals surface area contributed by atoms with Gasteiger partial charge in [0.15, 0.2) is 0 Å². The van der Waals surface area contributed by atoms with E-state index in [0.29, 0.717) is 12.0 Å². The Balaban J connectivity index is 2.41. The van der Waals surface area contributed by atoms with Crippen molar-refractivity contribution in [1.29, 1.82) is 0 Å². The van der Waals surface area contributed by atoms with Crippen LogP contribution >= 0.6 is 0 Å². The predicted octanol–water partition coefficient (Wildman–Crippen LogP) is 3.41. The van der Waals surface area contributed by atoms with Gasteiger partial charge in [0.2, 0.25) is 5.78 Å². The number of carbonyl (C=O) groups is 2. The third-order valence-electron chi connectivity index (χ3n) is 2.60. The van der Waals surface area contributed by atoms with Gasteiger partial charge in [-0.25, -0.2) is 0 Å². The molecule has 18 heavy (non-hydrogen) atoms. The average molecular weight is 242 g/mol. The molecule has 0 fully saturated rings. The molecule has 0 spiro atoms. The van der Waals surface area contributed by atoms with Crippen molar-refractivity contribution >= 4 is 11.6 Å². The molecular formula is C16H18O2. The van der Waals surface area contributed by atoms with Gasteiger partial charge in [0.1, 0.15) is 0 Å². The molecule has 0 saturated carbocycles. The van der Waals surface area contributed by atoms with Gasteiger partial charge in [-0.15, -0.1) is 0 Å². The summed E-state index contributed by atoms with van der Waals surface area (Å²) in [5, 5.41) is 0. The maximum absolute atomic E-state index is 11.7. The quantitative estimate of drug-likeness (QED) is 0.252. The lowest BCUT2D eigenvalue weighted by Crippen LogP contribution is -2.11. The van der Waals surface area contributed by atoms with E-state index in [-0.39, 0.29) is 0 Å². The second-order valence-corrected chi connectivity index (χ2v) is 4.14. The molecule has 0 bridgehead atoms. The van der Waals surface area contributed by atoms with Gasteiger partial charge in [-0.05, 0) is 12.3 Å². The molecule has 0 saturated heterocycles. The Kier molecular flexibility index (Phi) is 6.50. The van der Waals surface area contributed by atoms with Gasteiger partial charge in [0.25, 0.3) is 5.78 Å². The van der Waals surface area contributed by atoms with Gasteiger partial charge in [-0.3, -0.25) is 9.59 Å². The van der Waals surface area contributed by atoms with Crippen molar-refractivity contribution in [2.24, 2.45) is 0 Å². The van der Waals surface area contributed by atoms with Crippen molar-refractivity contribution in [2.75, 3.05) is 0 Å². The molecule has 0 aromatic heterocycles. The highest BCUT2D eigenvalue weighted by Crippen LogP contribution is 2.02. The normalized spacial score (nSPS) is 9.39. The summed E-state index contributed by atoms with van der Waals surface area (Å²) in [6, 6.07) is 8.53. The first-order valence-electron chi connectivity index (χ1n) is 6.38. The third-order valence-corrected chi connectivity index (χ3v) is 2.60. The number of Topliss-reactive ketones (excluding diaryl/α,β-unsaturated/α-hetero) is 2. The van der Waals surface area contributed by atoms with Crippen LogP contribution in [-0.4, -0.2) is 11.6 Å². The van der Waals surface area contributed by atoms with Crippen LogP contribution in [-0.2, 0) is 4.79 Å². The highest BCUT2D eigenvalue weighted by atomic mass is 16.2. The summed E-state index contributed by atoms with van der Waals surface area (Å²) in [6.07, 6.45) is 5.19. The number of hydrogen-bond donors (Lipinski definition) is 0. The van der Waals surface area contributed by atoms with Gasteiger partial charge < -0.3 is 0 Å². The maximum atomic E-state index is 11.7. The van der Waals surface area contributed by atoms with Crippen molar-refractivity contribution in [2.45, 2.75) is 39.0 Å². The standard InChI is InChI=1S/C16H18O2/c1-2-3-4-5-6-10-13-15(17)16(18)14-11-8-7-9-12-14/h7-9,11-12H,2-6H2,1H3. The Morgan fingerprint density at radius 3 is 2.44 bits per heavy atom. The molecule has 0 atom stereocenters. The number of benzene rings is 1. The topological polar surface area (TPSA) is 34.1 Å². The summed E-state index contributed by atoms with van der Waals surface area (Å²) < 4.78 is 0. The molecule has 0 aliphatic heterocycles. The van der Waals surface area contributed by atoms with E-state index in [1.807, 2.05) is 0 Å². The monoisotopic (exact) mass is 242 g/mol. The second-order valence-electron chi connectivity index (χ2n) is 4.14. The van der Waals surface area contributed by atoms with Gasteiger partial charge in [0.05, 0.1) is 0 Å². The largest absolute Gasteiger partial charge is 0.284 e. The molecule has 1 rings (SSSR count). The van der Waals surface area contributed by atoms with Crippen molar-refractivity contribution in [1.82, 2.24) is 0 Å². The van der Waals surface area contributed by atoms with Crippen LogP contribution < -0.4 is 0 Å². The van der Waals surface area contributed by atoms with Crippen molar-refractivity contribution < 1.29 is 9.59 Å². The molecule has 0 radical (unpaired) electrons. The van der Waals surface area contributed by atoms with E-state index in [2.05, 4.69) is 18.8 Å². The summed E-state index contributed by atoms with van der Waals surface area (Å²) >= 11 is 0. The summed E-state index contributed by atoms with van der Waals surface area (Å²) in [4.78, 5) is 23.2. The van der Waals surface area contributed by atoms with E-state index < -0.39 is 11.6 Å². The average Bonchev–Trinajstić information content (AvgIpc) is 2.42. The maximum Gasteiger partial charge on any atom is 0.276 e. The molecule has 0 heterocycles. The minimum atomic E-state index is -0.614. The first kappa shape index (κ1) is 14.2. The van der Waals surface area contributed by atoms with Gasteiger partial charge in [-0.1, -0.05) is 62.4 Å². The van der Waals surface area contributed by atoms with E-state index in [1.165, 1.54) is 12.8 Å². The van der Waals surface area contributed by atoms with E-state index in [9.17, 15) is 9.59 Å². The zero-order valence-electron chi connectivity index (χ0n) is 10.7. The Hall–Kier alpha value is -1.88. The first-order valence-corrected chi connectivity index (χ1v) is 6.38. The molecule has 0 N–H and O–H groups in total. The van der Waals surface area contributed by atoms with E-state index >= 15 is 0 Å². The summed E-state index contributed by atoms with van der Waals surface area (Å²) in [6.45, 7) is 2.15. The third kappa shape index (κ3) is 4.97. The molecule has 2 nitrogen and oxygen atoms in total. The van der Waals surface area contributed by atoms with Crippen LogP contribution in [0.5, 0.6) is 0 Å². The van der Waals surface area contributed by atoms with Gasteiger partial charge >= 0.3 is 0 Å². The molecule has 0 aliphatic rings. The number of rotatable bonds is 6. The molecular weight excluding hydrogens is 224 g/mol. The van der Waals surface area contributed by atoms with Gasteiger partial charge in [0, 0.05) is 12.0 Å². The highest BCUT2D eigenvalue weighted by molar-refractivity contribution is 6.49.